The predicted molar refractivity (Wildman–Crippen MR) is 69.5 cm³/mol. The van der Waals surface area contributed by atoms with E-state index in [1.165, 1.54) is 5.56 Å². The van der Waals surface area contributed by atoms with Crippen LogP contribution in [0.15, 0.2) is 47.1 Å². The summed E-state index contributed by atoms with van der Waals surface area (Å²) in [5.74, 6) is 1.70. The van der Waals surface area contributed by atoms with Crippen molar-refractivity contribution < 1.29 is 9.15 Å². The Balaban J connectivity index is 0.00000144. The minimum Gasteiger partial charge on any atom is -0.486 e. The molecule has 0 aliphatic rings. The summed E-state index contributed by atoms with van der Waals surface area (Å²) < 4.78 is 10.8. The van der Waals surface area contributed by atoms with Crippen LogP contribution in [0.2, 0.25) is 0 Å². The van der Waals surface area contributed by atoms with E-state index in [-0.39, 0.29) is 12.4 Å². The summed E-state index contributed by atoms with van der Waals surface area (Å²) in [5.41, 5.74) is 1.21. The third kappa shape index (κ3) is 4.13. The monoisotopic (exact) mass is 253 g/mol. The van der Waals surface area contributed by atoms with Crippen molar-refractivity contribution in [3.05, 3.63) is 54.0 Å². The van der Waals surface area contributed by atoms with Gasteiger partial charge in [0, 0.05) is 6.54 Å². The lowest BCUT2D eigenvalue weighted by molar-refractivity contribution is 0.270. The zero-order chi connectivity index (χ0) is 11.2. The zero-order valence-corrected chi connectivity index (χ0v) is 10.5. The van der Waals surface area contributed by atoms with E-state index in [2.05, 4.69) is 11.4 Å². The fraction of sp³-hybridized carbons (Fsp3) is 0.231. The van der Waals surface area contributed by atoms with Crippen LogP contribution in [-0.2, 0) is 13.2 Å². The predicted octanol–water partition coefficient (Wildman–Crippen LogP) is 3.00. The van der Waals surface area contributed by atoms with Crippen molar-refractivity contribution in [2.45, 2.75) is 13.2 Å². The van der Waals surface area contributed by atoms with Gasteiger partial charge in [0.1, 0.15) is 18.1 Å². The largest absolute Gasteiger partial charge is 0.486 e. The molecule has 0 aliphatic carbocycles. The van der Waals surface area contributed by atoms with Gasteiger partial charge >= 0.3 is 0 Å². The van der Waals surface area contributed by atoms with Crippen molar-refractivity contribution in [3.8, 4) is 5.75 Å². The van der Waals surface area contributed by atoms with Crippen molar-refractivity contribution in [2.24, 2.45) is 0 Å². The number of rotatable bonds is 5. The number of hydrogen-bond acceptors (Lipinski definition) is 3. The number of hydrogen-bond donors (Lipinski definition) is 1. The molecule has 2 rings (SSSR count). The molecule has 17 heavy (non-hydrogen) atoms. The Labute approximate surface area is 107 Å². The highest BCUT2D eigenvalue weighted by molar-refractivity contribution is 5.85. The van der Waals surface area contributed by atoms with Gasteiger partial charge in [-0.1, -0.05) is 12.1 Å². The molecule has 0 radical (unpaired) electrons. The average Bonchev–Trinajstić information content (AvgIpc) is 2.80. The molecule has 0 amide bonds. The summed E-state index contributed by atoms with van der Waals surface area (Å²) in [5, 5.41) is 3.11. The highest BCUT2D eigenvalue weighted by Crippen LogP contribution is 2.15. The second kappa shape index (κ2) is 6.99. The van der Waals surface area contributed by atoms with Gasteiger partial charge in [-0.3, -0.25) is 0 Å². The van der Waals surface area contributed by atoms with Gasteiger partial charge < -0.3 is 14.5 Å². The quantitative estimate of drug-likeness (QED) is 0.890. The Morgan fingerprint density at radius 2 is 2.12 bits per heavy atom. The van der Waals surface area contributed by atoms with Crippen LogP contribution >= 0.6 is 12.4 Å². The van der Waals surface area contributed by atoms with Gasteiger partial charge in [0.05, 0.1) is 6.26 Å². The lowest BCUT2D eigenvalue weighted by atomic mass is 10.2. The molecule has 1 aromatic carbocycles. The second-order valence-corrected chi connectivity index (χ2v) is 3.55. The molecule has 4 heteroatoms. The molecular weight excluding hydrogens is 238 g/mol. The van der Waals surface area contributed by atoms with E-state index < -0.39 is 0 Å². The number of halogens is 1. The number of nitrogens with one attached hydrogen (secondary N) is 1. The molecule has 0 saturated heterocycles. The molecule has 0 spiro atoms. The van der Waals surface area contributed by atoms with Gasteiger partial charge in [0.25, 0.3) is 0 Å². The Morgan fingerprint density at radius 1 is 1.24 bits per heavy atom. The molecule has 0 saturated carbocycles. The molecule has 0 unspecified atom stereocenters. The van der Waals surface area contributed by atoms with E-state index in [0.29, 0.717) is 6.61 Å². The highest BCUT2D eigenvalue weighted by Gasteiger charge is 1.99. The van der Waals surface area contributed by atoms with Gasteiger partial charge in [0.15, 0.2) is 0 Å². The third-order valence-electron chi connectivity index (χ3n) is 2.24. The molecule has 1 heterocycles. The highest BCUT2D eigenvalue weighted by atomic mass is 35.5. The lowest BCUT2D eigenvalue weighted by Crippen LogP contribution is -2.05. The van der Waals surface area contributed by atoms with Crippen LogP contribution in [0.5, 0.6) is 5.75 Å². The summed E-state index contributed by atoms with van der Waals surface area (Å²) >= 11 is 0. The summed E-state index contributed by atoms with van der Waals surface area (Å²) in [4.78, 5) is 0. The van der Waals surface area contributed by atoms with Gasteiger partial charge in [-0.25, -0.2) is 0 Å². The fourth-order valence-corrected chi connectivity index (χ4v) is 1.50. The smallest absolute Gasteiger partial charge is 0.146 e. The second-order valence-electron chi connectivity index (χ2n) is 3.55. The van der Waals surface area contributed by atoms with Gasteiger partial charge in [-0.05, 0) is 36.9 Å². The summed E-state index contributed by atoms with van der Waals surface area (Å²) in [6.07, 6.45) is 1.65. The minimum absolute atomic E-state index is 0. The first-order valence-corrected chi connectivity index (χ1v) is 5.27. The van der Waals surface area contributed by atoms with Crippen LogP contribution in [0, 0.1) is 0 Å². The maximum absolute atomic E-state index is 5.62. The number of furan rings is 1. The molecule has 92 valence electrons. The Morgan fingerprint density at radius 3 is 2.82 bits per heavy atom. The summed E-state index contributed by atoms with van der Waals surface area (Å²) in [7, 11) is 1.93. The maximum atomic E-state index is 5.62. The Kier molecular flexibility index (Phi) is 5.60. The Hall–Kier alpha value is -1.45. The van der Waals surface area contributed by atoms with E-state index in [1.54, 1.807) is 6.26 Å². The van der Waals surface area contributed by atoms with E-state index >= 15 is 0 Å². The maximum Gasteiger partial charge on any atom is 0.146 e. The van der Waals surface area contributed by atoms with Crippen LogP contribution in [0.3, 0.4) is 0 Å². The van der Waals surface area contributed by atoms with E-state index in [1.807, 2.05) is 37.4 Å². The third-order valence-corrected chi connectivity index (χ3v) is 2.24. The number of ether oxygens (including phenoxy) is 1. The molecule has 2 aromatic rings. The number of benzene rings is 1. The summed E-state index contributed by atoms with van der Waals surface area (Å²) in [6.45, 7) is 1.31. The van der Waals surface area contributed by atoms with Gasteiger partial charge in [-0.15, -0.1) is 12.4 Å². The molecule has 0 aliphatic heterocycles. The topological polar surface area (TPSA) is 34.4 Å². The van der Waals surface area contributed by atoms with Crippen LogP contribution in [0.25, 0.3) is 0 Å². The van der Waals surface area contributed by atoms with Crippen molar-refractivity contribution in [1.82, 2.24) is 5.32 Å². The standard InChI is InChI=1S/C13H15NO2.ClH/c1-14-9-11-4-2-5-12(8-11)16-10-13-6-3-7-15-13;/h2-8,14H,9-10H2,1H3;1H. The van der Waals surface area contributed by atoms with Crippen molar-refractivity contribution >= 4 is 12.4 Å². The Bertz CT molecular complexity index is 429. The van der Waals surface area contributed by atoms with E-state index in [4.69, 9.17) is 9.15 Å². The van der Waals surface area contributed by atoms with Crippen LogP contribution < -0.4 is 10.1 Å². The van der Waals surface area contributed by atoms with Crippen LogP contribution in [-0.4, -0.2) is 7.05 Å². The summed E-state index contributed by atoms with van der Waals surface area (Å²) in [6, 6.07) is 11.8. The minimum atomic E-state index is 0. The molecule has 1 N–H and O–H groups in total. The van der Waals surface area contributed by atoms with E-state index in [0.717, 1.165) is 18.1 Å². The van der Waals surface area contributed by atoms with Gasteiger partial charge in [0.2, 0.25) is 0 Å². The average molecular weight is 254 g/mol. The van der Waals surface area contributed by atoms with Crippen LogP contribution in [0.4, 0.5) is 0 Å². The van der Waals surface area contributed by atoms with Crippen molar-refractivity contribution in [1.29, 1.82) is 0 Å². The molecule has 0 fully saturated rings. The first-order chi connectivity index (χ1) is 7.88. The van der Waals surface area contributed by atoms with Crippen molar-refractivity contribution in [3.63, 3.8) is 0 Å². The molecular formula is C13H16ClNO2. The van der Waals surface area contributed by atoms with E-state index in [9.17, 15) is 0 Å². The molecule has 3 nitrogen and oxygen atoms in total. The molecule has 0 bridgehead atoms. The zero-order valence-electron chi connectivity index (χ0n) is 9.68. The van der Waals surface area contributed by atoms with Crippen LogP contribution in [0.1, 0.15) is 11.3 Å². The van der Waals surface area contributed by atoms with Crippen molar-refractivity contribution in [2.75, 3.05) is 7.05 Å². The van der Waals surface area contributed by atoms with Gasteiger partial charge in [-0.2, -0.15) is 0 Å². The lowest BCUT2D eigenvalue weighted by Gasteiger charge is -2.06. The molecule has 0 atom stereocenters. The first kappa shape index (κ1) is 13.6. The fourth-order valence-electron chi connectivity index (χ4n) is 1.50. The molecule has 1 aromatic heterocycles. The first-order valence-electron chi connectivity index (χ1n) is 5.27. The SMILES string of the molecule is CNCc1cccc(OCc2ccco2)c1.Cl. The normalized spacial score (nSPS) is 9.71.